The van der Waals surface area contributed by atoms with Crippen molar-refractivity contribution in [1.29, 1.82) is 10.5 Å². The summed E-state index contributed by atoms with van der Waals surface area (Å²) < 4.78 is 67.1. The van der Waals surface area contributed by atoms with Gasteiger partial charge in [0, 0.05) is 12.8 Å². The molecule has 3 rings (SSSR count). The van der Waals surface area contributed by atoms with Gasteiger partial charge in [-0.15, -0.1) is 0 Å². The minimum Gasteiger partial charge on any atom is -0.210 e. The number of benzene rings is 2. The zero-order chi connectivity index (χ0) is 27.4. The van der Waals surface area contributed by atoms with Gasteiger partial charge in [0.2, 0.25) is 6.43 Å². The molecule has 0 bridgehead atoms. The van der Waals surface area contributed by atoms with Gasteiger partial charge in [-0.25, -0.2) is 8.78 Å². The molecule has 2 aromatic rings. The minimum absolute atomic E-state index is 0.0893. The molecule has 0 fully saturated rings. The Morgan fingerprint density at radius 1 is 0.917 bits per heavy atom. The Balaban J connectivity index is 0.00000222. The van der Waals surface area contributed by atoms with E-state index in [1.807, 2.05) is 65.8 Å². The quantitative estimate of drug-likeness (QED) is 0.432. The number of hydrogen-bond donors (Lipinski definition) is 0. The summed E-state index contributed by atoms with van der Waals surface area (Å²) in [4.78, 5) is 0. The molecule has 0 radical (unpaired) electrons. The van der Waals surface area contributed by atoms with E-state index in [4.69, 9.17) is 0 Å². The van der Waals surface area contributed by atoms with Crippen LogP contribution < -0.4 is 10.4 Å². The first-order valence-electron chi connectivity index (χ1n) is 11.6. The molecule has 0 amide bonds. The molecule has 0 heterocycles. The van der Waals surface area contributed by atoms with Crippen LogP contribution in [-0.4, -0.2) is 6.43 Å². The lowest BCUT2D eigenvalue weighted by Gasteiger charge is -2.21. The van der Waals surface area contributed by atoms with Crippen molar-refractivity contribution >= 4 is 11.6 Å². The second kappa shape index (κ2) is 11.1. The van der Waals surface area contributed by atoms with Crippen molar-refractivity contribution in [1.82, 2.24) is 0 Å². The van der Waals surface area contributed by atoms with E-state index in [9.17, 15) is 32.5 Å². The molecule has 0 N–H and O–H groups in total. The molecular weight excluding hydrogens is 471 g/mol. The highest BCUT2D eigenvalue weighted by atomic mass is 19.4. The molecule has 0 atom stereocenters. The standard InChI is InChI=1S/C27H23F5N2.C2H6/c1-15-5-21(26(2,3)4)11-18-9-19(13-33)20(14-34)12-23(25(15)18)17-6-16(8-24(28)29)7-22(10-17)27(30,31)32;1-2/h5-7,9-11,24H,8,12H2,1-4H3;1-2H3. The number of hydrogen-bond acceptors (Lipinski definition) is 2. The fourth-order valence-corrected chi connectivity index (χ4v) is 4.15. The molecule has 0 aromatic heterocycles. The lowest BCUT2D eigenvalue weighted by Crippen LogP contribution is -2.32. The maximum absolute atomic E-state index is 13.6. The fraction of sp³-hybridized carbons (Fsp3) is 0.379. The molecule has 7 heteroatoms. The number of halogens is 5. The summed E-state index contributed by atoms with van der Waals surface area (Å²) in [6, 6.07) is 10.8. The largest absolute Gasteiger partial charge is 0.416 e. The molecule has 1 aliphatic carbocycles. The number of rotatable bonds is 3. The first kappa shape index (κ1) is 28.8. The Labute approximate surface area is 208 Å². The first-order valence-corrected chi connectivity index (χ1v) is 11.6. The fourth-order valence-electron chi connectivity index (χ4n) is 4.15. The highest BCUT2D eigenvalue weighted by Crippen LogP contribution is 2.34. The van der Waals surface area contributed by atoms with Gasteiger partial charge in [-0.3, -0.25) is 0 Å². The Kier molecular flexibility index (Phi) is 8.86. The topological polar surface area (TPSA) is 47.6 Å². The van der Waals surface area contributed by atoms with Crippen LogP contribution in [0.5, 0.6) is 0 Å². The summed E-state index contributed by atoms with van der Waals surface area (Å²) in [5.74, 6) is 0. The maximum atomic E-state index is 13.6. The van der Waals surface area contributed by atoms with Gasteiger partial charge < -0.3 is 0 Å². The highest BCUT2D eigenvalue weighted by Gasteiger charge is 2.32. The molecule has 36 heavy (non-hydrogen) atoms. The van der Waals surface area contributed by atoms with E-state index >= 15 is 0 Å². The first-order chi connectivity index (χ1) is 16.7. The Morgan fingerprint density at radius 3 is 2.06 bits per heavy atom. The minimum atomic E-state index is -4.73. The van der Waals surface area contributed by atoms with Crippen LogP contribution in [0.1, 0.15) is 68.9 Å². The van der Waals surface area contributed by atoms with Gasteiger partial charge in [0.05, 0.1) is 22.8 Å². The zero-order valence-corrected chi connectivity index (χ0v) is 21.2. The summed E-state index contributed by atoms with van der Waals surface area (Å²) in [5, 5.41) is 20.6. The van der Waals surface area contributed by atoms with Crippen LogP contribution in [-0.2, 0) is 18.0 Å². The Bertz CT molecular complexity index is 1380. The number of nitrogens with zero attached hydrogens (tertiary/aromatic N) is 2. The molecule has 1 aliphatic rings. The van der Waals surface area contributed by atoms with Crippen molar-refractivity contribution in [3.63, 3.8) is 0 Å². The summed E-state index contributed by atoms with van der Waals surface area (Å²) in [6.07, 6.45) is -6.88. The summed E-state index contributed by atoms with van der Waals surface area (Å²) in [5.41, 5.74) is 1.05. The number of fused-ring (bicyclic) bond motifs is 1. The van der Waals surface area contributed by atoms with Gasteiger partial charge in [-0.1, -0.05) is 52.8 Å². The second-order valence-corrected chi connectivity index (χ2v) is 9.43. The summed E-state index contributed by atoms with van der Waals surface area (Å²) in [6.45, 7) is 11.9. The van der Waals surface area contributed by atoms with Gasteiger partial charge in [-0.05, 0) is 68.8 Å². The van der Waals surface area contributed by atoms with Crippen molar-refractivity contribution in [3.05, 3.63) is 79.7 Å². The van der Waals surface area contributed by atoms with Crippen molar-refractivity contribution in [2.24, 2.45) is 0 Å². The Hall–Kier alpha value is -3.45. The molecule has 2 nitrogen and oxygen atoms in total. The number of alkyl halides is 5. The van der Waals surface area contributed by atoms with Gasteiger partial charge in [0.1, 0.15) is 6.07 Å². The zero-order valence-electron chi connectivity index (χ0n) is 21.2. The van der Waals surface area contributed by atoms with Crippen LogP contribution in [0.2, 0.25) is 0 Å². The summed E-state index contributed by atoms with van der Waals surface area (Å²) >= 11 is 0. The van der Waals surface area contributed by atoms with E-state index in [1.165, 1.54) is 6.07 Å². The van der Waals surface area contributed by atoms with Crippen molar-refractivity contribution < 1.29 is 22.0 Å². The number of allylic oxidation sites excluding steroid dienone is 2. The van der Waals surface area contributed by atoms with E-state index in [0.29, 0.717) is 16.0 Å². The molecule has 0 aliphatic heterocycles. The SMILES string of the molecule is CC.Cc1cc(C(C)(C)C)cc2c1=C(c1cc(CC(F)F)cc(C(F)(F)F)c1)CC(C#N)=C(C#N)C=2. The smallest absolute Gasteiger partial charge is 0.210 e. The van der Waals surface area contributed by atoms with Crippen LogP contribution in [0, 0.1) is 29.6 Å². The second-order valence-electron chi connectivity index (χ2n) is 9.43. The van der Waals surface area contributed by atoms with Crippen molar-refractivity contribution in [2.75, 3.05) is 0 Å². The third-order valence-electron chi connectivity index (χ3n) is 5.83. The van der Waals surface area contributed by atoms with Crippen LogP contribution in [0.15, 0.2) is 41.5 Å². The molecule has 0 spiro atoms. The average molecular weight is 501 g/mol. The van der Waals surface area contributed by atoms with E-state index < -0.39 is 24.6 Å². The Morgan fingerprint density at radius 2 is 1.56 bits per heavy atom. The molecule has 0 saturated carbocycles. The van der Waals surface area contributed by atoms with Crippen LogP contribution in [0.4, 0.5) is 22.0 Å². The highest BCUT2D eigenvalue weighted by molar-refractivity contribution is 5.76. The van der Waals surface area contributed by atoms with Gasteiger partial charge in [0.15, 0.2) is 0 Å². The molecule has 0 saturated heterocycles. The van der Waals surface area contributed by atoms with Crippen molar-refractivity contribution in [3.8, 4) is 12.1 Å². The molecule has 0 unspecified atom stereocenters. The van der Waals surface area contributed by atoms with Crippen LogP contribution >= 0.6 is 0 Å². The summed E-state index contributed by atoms with van der Waals surface area (Å²) in [7, 11) is 0. The predicted octanol–water partition coefficient (Wildman–Crippen LogP) is 6.87. The third kappa shape index (κ3) is 6.40. The van der Waals surface area contributed by atoms with E-state index in [0.717, 1.165) is 23.3 Å². The number of aryl methyl sites for hydroxylation is 1. The van der Waals surface area contributed by atoms with E-state index in [1.54, 1.807) is 6.08 Å². The predicted molar refractivity (Wildman–Crippen MR) is 131 cm³/mol. The van der Waals surface area contributed by atoms with Crippen LogP contribution in [0.3, 0.4) is 0 Å². The third-order valence-corrected chi connectivity index (χ3v) is 5.83. The lowest BCUT2D eigenvalue weighted by atomic mass is 9.84. The van der Waals surface area contributed by atoms with Gasteiger partial charge in [0.25, 0.3) is 0 Å². The maximum Gasteiger partial charge on any atom is 0.416 e. The van der Waals surface area contributed by atoms with Gasteiger partial charge >= 0.3 is 6.18 Å². The van der Waals surface area contributed by atoms with E-state index in [2.05, 4.69) is 0 Å². The lowest BCUT2D eigenvalue weighted by molar-refractivity contribution is -0.137. The number of nitriles is 2. The van der Waals surface area contributed by atoms with Crippen molar-refractivity contribution in [2.45, 2.75) is 72.4 Å². The normalized spacial score (nSPS) is 13.7. The van der Waals surface area contributed by atoms with E-state index in [-0.39, 0.29) is 34.1 Å². The average Bonchev–Trinajstić information content (AvgIpc) is 2.95. The molecule has 2 aromatic carbocycles. The van der Waals surface area contributed by atoms with Crippen LogP contribution in [0.25, 0.3) is 11.6 Å². The van der Waals surface area contributed by atoms with Gasteiger partial charge in [-0.2, -0.15) is 23.7 Å². The molecule has 190 valence electrons. The molecular formula is C29H29F5N2. The monoisotopic (exact) mass is 500 g/mol.